The molecule has 0 amide bonds. The first-order valence-electron chi connectivity index (χ1n) is 10.3. The lowest BCUT2D eigenvalue weighted by Gasteiger charge is -2.13. The molecule has 3 rings (SSSR count). The number of esters is 1. The highest BCUT2D eigenvalue weighted by Gasteiger charge is 2.37. The summed E-state index contributed by atoms with van der Waals surface area (Å²) < 4.78 is 85.4. The summed E-state index contributed by atoms with van der Waals surface area (Å²) in [5, 5.41) is 3.95. The van der Waals surface area contributed by atoms with Crippen molar-refractivity contribution in [3.05, 3.63) is 65.7 Å². The lowest BCUT2D eigenvalue weighted by Crippen LogP contribution is -2.11. The molecule has 6 nitrogen and oxygen atoms in total. The van der Waals surface area contributed by atoms with Crippen LogP contribution in [0.5, 0.6) is 0 Å². The molecule has 35 heavy (non-hydrogen) atoms. The standard InChI is InChI=1S/C23H20F6N4O2/c1-14(2)5-7-35-21(34)19(15-4-3-6-30-11-15)12-33-13-31-20(32-33)16-8-17(22(24,25)26)10-18(9-16)23(27,28)29/h3-4,6,8-14H,5,7H2,1-2H3. The molecule has 2 heterocycles. The number of pyridine rings is 1. The number of benzene rings is 1. The monoisotopic (exact) mass is 498 g/mol. The second-order valence-electron chi connectivity index (χ2n) is 7.95. The van der Waals surface area contributed by atoms with Gasteiger partial charge in [-0.1, -0.05) is 19.9 Å². The molecule has 2 aromatic heterocycles. The lowest BCUT2D eigenvalue weighted by atomic mass is 10.0. The number of carbonyl (C=O) groups excluding carboxylic acids is 1. The molecule has 0 saturated heterocycles. The van der Waals surface area contributed by atoms with Gasteiger partial charge in [0, 0.05) is 29.7 Å². The van der Waals surface area contributed by atoms with E-state index in [4.69, 9.17) is 4.74 Å². The van der Waals surface area contributed by atoms with E-state index >= 15 is 0 Å². The number of carbonyl (C=O) groups is 1. The van der Waals surface area contributed by atoms with Crippen LogP contribution in [-0.2, 0) is 21.9 Å². The average molecular weight is 498 g/mol. The Morgan fingerprint density at radius 1 is 1.09 bits per heavy atom. The van der Waals surface area contributed by atoms with Gasteiger partial charge in [-0.05, 0) is 36.6 Å². The maximum atomic E-state index is 13.2. The van der Waals surface area contributed by atoms with Crippen LogP contribution in [0.2, 0.25) is 0 Å². The molecule has 1 aromatic carbocycles. The SMILES string of the molecule is CC(C)CCOC(=O)C(=Cn1cnc(-c2cc(C(F)(F)F)cc(C(F)(F)F)c2)n1)c1cccnc1. The molecule has 0 saturated carbocycles. The Morgan fingerprint density at radius 3 is 2.29 bits per heavy atom. The smallest absolute Gasteiger partial charge is 0.416 e. The van der Waals surface area contributed by atoms with E-state index in [0.717, 1.165) is 11.0 Å². The molecular weight excluding hydrogens is 478 g/mol. The van der Waals surface area contributed by atoms with Crippen LogP contribution in [0.3, 0.4) is 0 Å². The number of aromatic nitrogens is 4. The molecule has 0 atom stereocenters. The topological polar surface area (TPSA) is 69.9 Å². The van der Waals surface area contributed by atoms with E-state index in [-0.39, 0.29) is 18.2 Å². The van der Waals surface area contributed by atoms with Crippen molar-refractivity contribution in [1.29, 1.82) is 0 Å². The number of rotatable bonds is 7. The van der Waals surface area contributed by atoms with Crippen molar-refractivity contribution in [2.75, 3.05) is 6.61 Å². The van der Waals surface area contributed by atoms with E-state index in [2.05, 4.69) is 15.1 Å². The highest BCUT2D eigenvalue weighted by Crippen LogP contribution is 2.38. The number of alkyl halides is 6. The molecule has 0 aliphatic heterocycles. The second-order valence-corrected chi connectivity index (χ2v) is 7.95. The summed E-state index contributed by atoms with van der Waals surface area (Å²) in [5.41, 5.74) is -3.06. The first-order chi connectivity index (χ1) is 16.3. The highest BCUT2D eigenvalue weighted by atomic mass is 19.4. The van der Waals surface area contributed by atoms with Crippen molar-refractivity contribution in [1.82, 2.24) is 19.7 Å². The number of halogens is 6. The zero-order valence-electron chi connectivity index (χ0n) is 18.6. The maximum absolute atomic E-state index is 13.2. The number of ether oxygens (including phenoxy) is 1. The van der Waals surface area contributed by atoms with E-state index in [0.29, 0.717) is 30.0 Å². The Morgan fingerprint density at radius 2 is 1.74 bits per heavy atom. The normalized spacial score (nSPS) is 12.8. The minimum atomic E-state index is -5.01. The van der Waals surface area contributed by atoms with Crippen LogP contribution >= 0.6 is 0 Å². The second kappa shape index (κ2) is 10.3. The molecule has 0 aliphatic carbocycles. The van der Waals surface area contributed by atoms with Crippen molar-refractivity contribution in [2.45, 2.75) is 32.6 Å². The predicted molar refractivity (Wildman–Crippen MR) is 114 cm³/mol. The van der Waals surface area contributed by atoms with Crippen molar-refractivity contribution in [3.63, 3.8) is 0 Å². The number of nitrogens with zero attached hydrogens (tertiary/aromatic N) is 4. The van der Waals surface area contributed by atoms with Gasteiger partial charge in [0.15, 0.2) is 5.82 Å². The molecule has 0 unspecified atom stereocenters. The van der Waals surface area contributed by atoms with Crippen LogP contribution in [0.25, 0.3) is 23.2 Å². The fourth-order valence-electron chi connectivity index (χ4n) is 2.92. The lowest BCUT2D eigenvalue weighted by molar-refractivity contribution is -0.143. The quantitative estimate of drug-likeness (QED) is 0.228. The van der Waals surface area contributed by atoms with Gasteiger partial charge in [-0.3, -0.25) is 4.98 Å². The molecule has 0 aliphatic rings. The van der Waals surface area contributed by atoms with Crippen molar-refractivity contribution < 1.29 is 35.9 Å². The van der Waals surface area contributed by atoms with Crippen LogP contribution in [-0.4, -0.2) is 32.3 Å². The minimum absolute atomic E-state index is 0.0219. The van der Waals surface area contributed by atoms with E-state index in [1.807, 2.05) is 13.8 Å². The van der Waals surface area contributed by atoms with Gasteiger partial charge in [-0.2, -0.15) is 26.3 Å². The molecule has 0 spiro atoms. The average Bonchev–Trinajstić information content (AvgIpc) is 3.25. The van der Waals surface area contributed by atoms with Gasteiger partial charge in [0.05, 0.1) is 23.3 Å². The summed E-state index contributed by atoms with van der Waals surface area (Å²) in [5.74, 6) is -0.800. The zero-order chi connectivity index (χ0) is 25.8. The van der Waals surface area contributed by atoms with Crippen LogP contribution in [0.4, 0.5) is 26.3 Å². The summed E-state index contributed by atoms with van der Waals surface area (Å²) >= 11 is 0. The largest absolute Gasteiger partial charge is 0.462 e. The van der Waals surface area contributed by atoms with Crippen molar-refractivity contribution in [2.24, 2.45) is 5.92 Å². The molecule has 0 bridgehead atoms. The fourth-order valence-corrected chi connectivity index (χ4v) is 2.92. The van der Waals surface area contributed by atoms with Crippen LogP contribution < -0.4 is 0 Å². The molecular formula is C23H20F6N4O2. The third-order valence-corrected chi connectivity index (χ3v) is 4.74. The van der Waals surface area contributed by atoms with Gasteiger partial charge in [0.25, 0.3) is 0 Å². The van der Waals surface area contributed by atoms with E-state index in [9.17, 15) is 31.1 Å². The molecule has 3 aromatic rings. The Labute approximate surface area is 196 Å². The van der Waals surface area contributed by atoms with Gasteiger partial charge in [-0.25, -0.2) is 14.5 Å². The minimum Gasteiger partial charge on any atom is -0.462 e. The van der Waals surface area contributed by atoms with Gasteiger partial charge in [0.2, 0.25) is 0 Å². The molecule has 186 valence electrons. The summed E-state index contributed by atoms with van der Waals surface area (Å²) in [6, 6.07) is 4.25. The van der Waals surface area contributed by atoms with Crippen molar-refractivity contribution in [3.8, 4) is 11.4 Å². The van der Waals surface area contributed by atoms with Crippen molar-refractivity contribution >= 4 is 17.7 Å². The Balaban J connectivity index is 2.00. The summed E-state index contributed by atoms with van der Waals surface area (Å²) in [6.07, 6.45) is -4.24. The van der Waals surface area contributed by atoms with Gasteiger partial charge >= 0.3 is 18.3 Å². The first kappa shape index (κ1) is 25.9. The van der Waals surface area contributed by atoms with E-state index in [1.54, 1.807) is 12.1 Å². The first-order valence-corrected chi connectivity index (χ1v) is 10.3. The van der Waals surface area contributed by atoms with Gasteiger partial charge < -0.3 is 4.74 Å². The predicted octanol–water partition coefficient (Wildman–Crippen LogP) is 5.97. The maximum Gasteiger partial charge on any atom is 0.416 e. The van der Waals surface area contributed by atoms with Gasteiger partial charge in [0.1, 0.15) is 6.33 Å². The number of hydrogen-bond acceptors (Lipinski definition) is 5. The third-order valence-electron chi connectivity index (χ3n) is 4.74. The molecule has 0 N–H and O–H groups in total. The van der Waals surface area contributed by atoms with Crippen LogP contribution in [0, 0.1) is 5.92 Å². The fraction of sp³-hybridized carbons (Fsp3) is 0.304. The molecule has 0 fully saturated rings. The zero-order valence-corrected chi connectivity index (χ0v) is 18.6. The Bertz CT molecular complexity index is 1170. The number of hydrogen-bond donors (Lipinski definition) is 0. The summed E-state index contributed by atoms with van der Waals surface area (Å²) in [4.78, 5) is 20.5. The van der Waals surface area contributed by atoms with E-state index < -0.39 is 40.8 Å². The molecule has 12 heteroatoms. The van der Waals surface area contributed by atoms with E-state index in [1.165, 1.54) is 18.6 Å². The van der Waals surface area contributed by atoms with Crippen LogP contribution in [0.1, 0.15) is 37.0 Å². The third kappa shape index (κ3) is 6.90. The van der Waals surface area contributed by atoms with Crippen LogP contribution in [0.15, 0.2) is 49.1 Å². The van der Waals surface area contributed by atoms with Gasteiger partial charge in [-0.15, -0.1) is 5.10 Å². The summed E-state index contributed by atoms with van der Waals surface area (Å²) in [6.45, 7) is 4.07. The summed E-state index contributed by atoms with van der Waals surface area (Å²) in [7, 11) is 0. The molecule has 0 radical (unpaired) electrons. The Hall–Kier alpha value is -3.70. The Kier molecular flexibility index (Phi) is 7.61. The highest BCUT2D eigenvalue weighted by molar-refractivity contribution is 6.20.